The Labute approximate surface area is 322 Å². The topological polar surface area (TPSA) is 156 Å². The molecule has 296 valence electrons. The van der Waals surface area contributed by atoms with E-state index in [-0.39, 0.29) is 25.2 Å². The summed E-state index contributed by atoms with van der Waals surface area (Å²) in [5.41, 5.74) is 15.6. The van der Waals surface area contributed by atoms with E-state index in [4.69, 9.17) is 30.0 Å². The van der Waals surface area contributed by atoms with Crippen LogP contribution < -0.4 is 9.47 Å². The molecule has 2 amide bonds. The second-order valence-corrected chi connectivity index (χ2v) is 12.8. The van der Waals surface area contributed by atoms with Crippen molar-refractivity contribution < 1.29 is 39.6 Å². The monoisotopic (exact) mass is 747 g/mol. The Balaban J connectivity index is 0.000000553. The van der Waals surface area contributed by atoms with Crippen LogP contribution in [0.1, 0.15) is 123 Å². The molecule has 0 aliphatic carbocycles. The summed E-state index contributed by atoms with van der Waals surface area (Å²) in [5, 5.41) is 0. The number of aryl methyl sites for hydroxylation is 4. The number of fused-ring (bicyclic) bond motifs is 1. The first kappa shape index (κ1) is 45.1. The number of amides is 2. The minimum Gasteiger partial charge on any atom is -0.496 e. The lowest BCUT2D eigenvalue weighted by Gasteiger charge is -2.14. The number of ether oxygens (including phenoxy) is 4. The first-order valence-corrected chi connectivity index (χ1v) is 19.1. The standard InChI is InChI=1S/C25H29NO5.C18H28O3.H2N2.H2/c1-3-31-23(27)15-13-18-12-14-22(30-2)19(17-18)9-5-4-8-16-26-24(28)20-10-6-7-11-21(20)25(26)29;1-4-6-7-8-9-16-14-15(10-12-17(16)20-3)11-13-18(19)21-5-2;1-2;/h6-7,10-12,14,17H,3-5,8-9,13,15-16H2,1-2H3;10,12,14H,4-9,11,13H2,1-3H3;1-2H;1H. The molecule has 0 radical (unpaired) electrons. The number of methoxy groups -OCH3 is 2. The highest BCUT2D eigenvalue weighted by molar-refractivity contribution is 6.21. The molecular formula is C43H61N3O8. The summed E-state index contributed by atoms with van der Waals surface area (Å²) in [6.07, 6.45) is 11.6. The van der Waals surface area contributed by atoms with Gasteiger partial charge in [-0.25, -0.2) is 11.1 Å². The maximum absolute atomic E-state index is 12.4. The minimum absolute atomic E-state index is 0. The second kappa shape index (κ2) is 25.8. The third-order valence-electron chi connectivity index (χ3n) is 9.04. The number of benzene rings is 3. The summed E-state index contributed by atoms with van der Waals surface area (Å²) in [6, 6.07) is 19.2. The van der Waals surface area contributed by atoms with Crippen molar-refractivity contribution in [3.63, 3.8) is 0 Å². The van der Waals surface area contributed by atoms with E-state index < -0.39 is 0 Å². The van der Waals surface area contributed by atoms with Gasteiger partial charge >= 0.3 is 11.9 Å². The van der Waals surface area contributed by atoms with Crippen LogP contribution in [-0.4, -0.2) is 62.6 Å². The van der Waals surface area contributed by atoms with Gasteiger partial charge in [0.05, 0.1) is 38.6 Å². The van der Waals surface area contributed by atoms with Crippen molar-refractivity contribution in [2.75, 3.05) is 34.0 Å². The van der Waals surface area contributed by atoms with Crippen molar-refractivity contribution in [3.8, 4) is 11.5 Å². The van der Waals surface area contributed by atoms with Gasteiger partial charge in [0.25, 0.3) is 11.8 Å². The Hall–Kier alpha value is -5.06. The van der Waals surface area contributed by atoms with Gasteiger partial charge in [-0.15, -0.1) is 0 Å². The van der Waals surface area contributed by atoms with Gasteiger partial charge in [-0.05, 0) is 105 Å². The highest BCUT2D eigenvalue weighted by Gasteiger charge is 2.34. The summed E-state index contributed by atoms with van der Waals surface area (Å²) in [5.74, 6) is 1.07. The van der Waals surface area contributed by atoms with Gasteiger partial charge in [-0.2, -0.15) is 0 Å². The van der Waals surface area contributed by atoms with E-state index in [0.717, 1.165) is 61.2 Å². The zero-order valence-corrected chi connectivity index (χ0v) is 32.8. The predicted octanol–water partition coefficient (Wildman–Crippen LogP) is 9.36. The molecule has 0 atom stereocenters. The van der Waals surface area contributed by atoms with E-state index in [1.165, 1.54) is 41.7 Å². The highest BCUT2D eigenvalue weighted by atomic mass is 16.5. The Morgan fingerprint density at radius 1 is 0.611 bits per heavy atom. The van der Waals surface area contributed by atoms with Crippen LogP contribution in [0.5, 0.6) is 11.5 Å². The molecule has 4 rings (SSSR count). The van der Waals surface area contributed by atoms with Crippen LogP contribution in [0.25, 0.3) is 0 Å². The quantitative estimate of drug-likeness (QED) is 0.0473. The van der Waals surface area contributed by atoms with Crippen molar-refractivity contribution in [1.82, 2.24) is 4.90 Å². The average Bonchev–Trinajstić information content (AvgIpc) is 3.44. The van der Waals surface area contributed by atoms with Crippen LogP contribution in [0.3, 0.4) is 0 Å². The normalized spacial score (nSPS) is 11.5. The zero-order valence-electron chi connectivity index (χ0n) is 32.8. The number of hydrogen-bond acceptors (Lipinski definition) is 10. The summed E-state index contributed by atoms with van der Waals surface area (Å²) in [7, 11) is 3.36. The molecule has 0 saturated heterocycles. The lowest BCUT2D eigenvalue weighted by Crippen LogP contribution is -2.30. The minimum atomic E-state index is -0.198. The SMILES string of the molecule is CCCCCCc1cc(CCC(=O)OCC)ccc1OC.CCOC(=O)CCc1ccc(OC)c(CCCCCN2C(=O)c3ccccc3C2=O)c1.N=N.[HH]. The molecule has 1 heterocycles. The predicted molar refractivity (Wildman–Crippen MR) is 211 cm³/mol. The number of nitrogens with zero attached hydrogens (tertiary/aromatic N) is 1. The molecule has 54 heavy (non-hydrogen) atoms. The maximum atomic E-state index is 12.4. The molecule has 3 aromatic carbocycles. The third kappa shape index (κ3) is 14.8. The first-order chi connectivity index (χ1) is 26.3. The maximum Gasteiger partial charge on any atom is 0.306 e. The largest absolute Gasteiger partial charge is 0.496 e. The molecule has 11 heteroatoms. The summed E-state index contributed by atoms with van der Waals surface area (Å²) >= 11 is 0. The first-order valence-electron chi connectivity index (χ1n) is 19.1. The number of carbonyl (C=O) groups is 4. The Kier molecular flexibility index (Phi) is 21.6. The third-order valence-corrected chi connectivity index (χ3v) is 9.04. The molecule has 0 spiro atoms. The summed E-state index contributed by atoms with van der Waals surface area (Å²) < 4.78 is 20.9. The van der Waals surface area contributed by atoms with Crippen molar-refractivity contribution in [1.29, 1.82) is 11.1 Å². The number of nitrogens with one attached hydrogen (secondary N) is 2. The van der Waals surface area contributed by atoms with Gasteiger partial charge in [0.15, 0.2) is 0 Å². The van der Waals surface area contributed by atoms with E-state index >= 15 is 0 Å². The number of rotatable bonds is 21. The number of carbonyl (C=O) groups excluding carboxylic acids is 4. The van der Waals surface area contributed by atoms with Gasteiger partial charge in [0.2, 0.25) is 0 Å². The van der Waals surface area contributed by atoms with Crippen LogP contribution in [0.2, 0.25) is 0 Å². The summed E-state index contributed by atoms with van der Waals surface area (Å²) in [4.78, 5) is 49.2. The van der Waals surface area contributed by atoms with E-state index in [0.29, 0.717) is 50.1 Å². The van der Waals surface area contributed by atoms with Crippen LogP contribution in [-0.2, 0) is 44.7 Å². The van der Waals surface area contributed by atoms with E-state index in [1.54, 1.807) is 45.4 Å². The Bertz CT molecular complexity index is 1600. The fraction of sp³-hybridized carbons (Fsp3) is 0.488. The Morgan fingerprint density at radius 2 is 1.06 bits per heavy atom. The molecular weight excluding hydrogens is 686 g/mol. The van der Waals surface area contributed by atoms with Crippen molar-refractivity contribution in [2.45, 2.75) is 104 Å². The molecule has 11 nitrogen and oxygen atoms in total. The van der Waals surface area contributed by atoms with Crippen LogP contribution in [0, 0.1) is 11.1 Å². The second-order valence-electron chi connectivity index (χ2n) is 12.8. The van der Waals surface area contributed by atoms with Crippen LogP contribution in [0.15, 0.2) is 60.7 Å². The van der Waals surface area contributed by atoms with Gasteiger partial charge in [-0.1, -0.05) is 69.0 Å². The Morgan fingerprint density at radius 3 is 1.46 bits per heavy atom. The molecule has 2 N–H and O–H groups in total. The van der Waals surface area contributed by atoms with E-state index in [2.05, 4.69) is 19.1 Å². The zero-order chi connectivity index (χ0) is 39.7. The highest BCUT2D eigenvalue weighted by Crippen LogP contribution is 2.26. The van der Waals surface area contributed by atoms with Gasteiger partial charge in [0, 0.05) is 20.8 Å². The van der Waals surface area contributed by atoms with Gasteiger partial charge in [0.1, 0.15) is 11.5 Å². The fourth-order valence-corrected chi connectivity index (χ4v) is 6.27. The molecule has 0 saturated carbocycles. The number of imide groups is 1. The van der Waals surface area contributed by atoms with E-state index in [1.807, 2.05) is 31.2 Å². The van der Waals surface area contributed by atoms with E-state index in [9.17, 15) is 19.2 Å². The molecule has 0 unspecified atom stereocenters. The van der Waals surface area contributed by atoms with Crippen molar-refractivity contribution in [3.05, 3.63) is 94.0 Å². The lowest BCUT2D eigenvalue weighted by molar-refractivity contribution is -0.144. The van der Waals surface area contributed by atoms with Gasteiger partial charge < -0.3 is 18.9 Å². The van der Waals surface area contributed by atoms with Gasteiger partial charge in [-0.3, -0.25) is 24.1 Å². The van der Waals surface area contributed by atoms with Crippen LogP contribution in [0.4, 0.5) is 0 Å². The summed E-state index contributed by atoms with van der Waals surface area (Å²) in [6.45, 7) is 7.13. The molecule has 1 aliphatic heterocycles. The molecule has 0 bridgehead atoms. The fourth-order valence-electron chi connectivity index (χ4n) is 6.27. The molecule has 3 aromatic rings. The smallest absolute Gasteiger partial charge is 0.306 e. The molecule has 0 fully saturated rings. The molecule has 1 aliphatic rings. The number of esters is 2. The lowest BCUT2D eigenvalue weighted by atomic mass is 10.0. The molecule has 0 aromatic heterocycles. The number of hydrogen-bond donors (Lipinski definition) is 2. The van der Waals surface area contributed by atoms with Crippen LogP contribution >= 0.6 is 0 Å². The van der Waals surface area contributed by atoms with Crippen molar-refractivity contribution in [2.24, 2.45) is 0 Å². The average molecular weight is 748 g/mol. The number of unbranched alkanes of at least 4 members (excludes halogenated alkanes) is 5. The van der Waals surface area contributed by atoms with Crippen molar-refractivity contribution >= 4 is 23.8 Å².